The van der Waals surface area contributed by atoms with E-state index in [0.717, 1.165) is 51.4 Å². The van der Waals surface area contributed by atoms with Crippen molar-refractivity contribution in [3.05, 3.63) is 137 Å². The zero-order valence-electron chi connectivity index (χ0n) is 22.2. The number of amides is 1. The van der Waals surface area contributed by atoms with Crippen molar-refractivity contribution in [1.29, 1.82) is 0 Å². The van der Waals surface area contributed by atoms with Crippen LogP contribution in [0.1, 0.15) is 29.0 Å². The first-order valence-corrected chi connectivity index (χ1v) is 14.1. The number of carbonyl (C=O) groups is 1. The maximum Gasteiger partial charge on any atom is 0.223 e. The van der Waals surface area contributed by atoms with Crippen LogP contribution in [0.15, 0.2) is 109 Å². The van der Waals surface area contributed by atoms with Crippen molar-refractivity contribution in [2.45, 2.75) is 18.9 Å². The number of para-hydroxylation sites is 2. The number of hydrogen-bond donors (Lipinski definition) is 0. The van der Waals surface area contributed by atoms with Crippen molar-refractivity contribution in [2.75, 3.05) is 31.1 Å². The lowest BCUT2D eigenvalue weighted by molar-refractivity contribution is -0.131. The zero-order chi connectivity index (χ0) is 27.5. The van der Waals surface area contributed by atoms with E-state index < -0.39 is 0 Å². The molecule has 1 fully saturated rings. The van der Waals surface area contributed by atoms with Crippen LogP contribution in [0.25, 0.3) is 10.9 Å². The molecule has 202 valence electrons. The highest BCUT2D eigenvalue weighted by molar-refractivity contribution is 6.33. The van der Waals surface area contributed by atoms with E-state index in [1.165, 1.54) is 12.1 Å². The van der Waals surface area contributed by atoms with Gasteiger partial charge in [0.25, 0.3) is 0 Å². The van der Waals surface area contributed by atoms with Gasteiger partial charge < -0.3 is 14.4 Å². The van der Waals surface area contributed by atoms with Crippen LogP contribution in [0.2, 0.25) is 5.02 Å². The second kappa shape index (κ2) is 11.6. The highest BCUT2D eigenvalue weighted by atomic mass is 35.5. The van der Waals surface area contributed by atoms with Gasteiger partial charge in [0.15, 0.2) is 0 Å². The molecule has 1 aromatic heterocycles. The molecule has 0 aliphatic carbocycles. The van der Waals surface area contributed by atoms with Gasteiger partial charge in [-0.15, -0.1) is 0 Å². The maximum atomic E-state index is 13.8. The number of fused-ring (bicyclic) bond motifs is 1. The van der Waals surface area contributed by atoms with E-state index in [1.54, 1.807) is 0 Å². The fourth-order valence-corrected chi connectivity index (χ4v) is 6.03. The summed E-state index contributed by atoms with van der Waals surface area (Å²) in [4.78, 5) is 18.0. The molecule has 0 N–H and O–H groups in total. The molecule has 1 aliphatic rings. The third kappa shape index (κ3) is 5.47. The van der Waals surface area contributed by atoms with Gasteiger partial charge in [-0.25, -0.2) is 4.39 Å². The number of piperazine rings is 1. The first-order valence-electron chi connectivity index (χ1n) is 13.7. The molecule has 0 radical (unpaired) electrons. The Labute approximate surface area is 239 Å². The van der Waals surface area contributed by atoms with Gasteiger partial charge in [0.1, 0.15) is 5.82 Å². The van der Waals surface area contributed by atoms with Gasteiger partial charge in [-0.05, 0) is 47.0 Å². The molecule has 2 heterocycles. The molecule has 0 saturated carbocycles. The number of rotatable bonds is 7. The van der Waals surface area contributed by atoms with Crippen LogP contribution in [0, 0.1) is 5.82 Å². The van der Waals surface area contributed by atoms with Crippen molar-refractivity contribution in [1.82, 2.24) is 9.47 Å². The van der Waals surface area contributed by atoms with Crippen molar-refractivity contribution in [3.63, 3.8) is 0 Å². The lowest BCUT2D eigenvalue weighted by atomic mass is 9.87. The fraction of sp³-hybridized carbons (Fsp3) is 0.206. The molecule has 1 saturated heterocycles. The third-order valence-electron chi connectivity index (χ3n) is 7.87. The number of hydrogen-bond acceptors (Lipinski definition) is 2. The van der Waals surface area contributed by atoms with Gasteiger partial charge in [0.2, 0.25) is 5.91 Å². The Morgan fingerprint density at radius 3 is 2.23 bits per heavy atom. The Hall–Kier alpha value is -4.09. The van der Waals surface area contributed by atoms with Crippen LogP contribution in [-0.4, -0.2) is 41.6 Å². The van der Waals surface area contributed by atoms with Gasteiger partial charge in [-0.2, -0.15) is 0 Å². The normalized spacial score (nSPS) is 14.4. The van der Waals surface area contributed by atoms with Gasteiger partial charge >= 0.3 is 0 Å². The minimum absolute atomic E-state index is 0.0883. The van der Waals surface area contributed by atoms with E-state index in [-0.39, 0.29) is 17.6 Å². The molecular weight excluding hydrogens is 521 g/mol. The average Bonchev–Trinajstić information content (AvgIpc) is 3.35. The molecule has 1 atom stereocenters. The van der Waals surface area contributed by atoms with Crippen LogP contribution >= 0.6 is 11.6 Å². The number of halogens is 2. The van der Waals surface area contributed by atoms with Crippen LogP contribution in [0.3, 0.4) is 0 Å². The smallest absolute Gasteiger partial charge is 0.223 e. The second-order valence-corrected chi connectivity index (χ2v) is 10.7. The Kier molecular flexibility index (Phi) is 7.56. The van der Waals surface area contributed by atoms with Crippen LogP contribution < -0.4 is 4.90 Å². The number of carbonyl (C=O) groups excluding carboxylic acids is 1. The summed E-state index contributed by atoms with van der Waals surface area (Å²) in [5, 5.41) is 1.87. The number of aromatic nitrogens is 1. The summed E-state index contributed by atoms with van der Waals surface area (Å²) in [5.41, 5.74) is 5.40. The SMILES string of the molecule is O=C(CC(c1ccccc1)c1cn(Cc2ccc(F)cc2)c2ccccc12)N1CCN(c2ccccc2Cl)CC1. The second-order valence-electron chi connectivity index (χ2n) is 10.3. The summed E-state index contributed by atoms with van der Waals surface area (Å²) in [5.74, 6) is -0.171. The largest absolute Gasteiger partial charge is 0.367 e. The molecular formula is C34H31ClFN3O. The van der Waals surface area contributed by atoms with E-state index in [9.17, 15) is 9.18 Å². The first kappa shape index (κ1) is 26.1. The van der Waals surface area contributed by atoms with Gasteiger partial charge in [-0.1, -0.05) is 84.4 Å². The Bertz CT molecular complexity index is 1610. The first-order chi connectivity index (χ1) is 19.6. The predicted octanol–water partition coefficient (Wildman–Crippen LogP) is 7.35. The summed E-state index contributed by atoms with van der Waals surface area (Å²) >= 11 is 6.43. The van der Waals surface area contributed by atoms with E-state index >= 15 is 0 Å². The van der Waals surface area contributed by atoms with Crippen molar-refractivity contribution < 1.29 is 9.18 Å². The van der Waals surface area contributed by atoms with Crippen molar-refractivity contribution >= 4 is 34.1 Å². The molecule has 1 unspecified atom stereocenters. The lowest BCUT2D eigenvalue weighted by Gasteiger charge is -2.37. The van der Waals surface area contributed by atoms with Crippen molar-refractivity contribution in [2.24, 2.45) is 0 Å². The Morgan fingerprint density at radius 1 is 0.800 bits per heavy atom. The number of nitrogens with zero attached hydrogens (tertiary/aromatic N) is 3. The minimum Gasteiger partial charge on any atom is -0.367 e. The Balaban J connectivity index is 1.27. The number of anilines is 1. The molecule has 6 heteroatoms. The van der Waals surface area contributed by atoms with Gasteiger partial charge in [0, 0.05) is 62.2 Å². The molecule has 4 nitrogen and oxygen atoms in total. The maximum absolute atomic E-state index is 13.8. The molecule has 40 heavy (non-hydrogen) atoms. The quantitative estimate of drug-likeness (QED) is 0.211. The lowest BCUT2D eigenvalue weighted by Crippen LogP contribution is -2.49. The number of benzene rings is 4. The molecule has 1 amide bonds. The Morgan fingerprint density at radius 2 is 1.48 bits per heavy atom. The summed E-state index contributed by atoms with van der Waals surface area (Å²) in [6, 6.07) is 33.1. The van der Waals surface area contributed by atoms with Crippen LogP contribution in [0.4, 0.5) is 10.1 Å². The zero-order valence-corrected chi connectivity index (χ0v) is 23.0. The average molecular weight is 552 g/mol. The van der Waals surface area contributed by atoms with Crippen LogP contribution in [0.5, 0.6) is 0 Å². The molecule has 5 aromatic rings. The topological polar surface area (TPSA) is 28.5 Å². The summed E-state index contributed by atoms with van der Waals surface area (Å²) in [6.45, 7) is 3.46. The van der Waals surface area contributed by atoms with Crippen LogP contribution in [-0.2, 0) is 11.3 Å². The van der Waals surface area contributed by atoms with Crippen molar-refractivity contribution in [3.8, 4) is 0 Å². The monoisotopic (exact) mass is 551 g/mol. The molecule has 0 spiro atoms. The predicted molar refractivity (Wildman–Crippen MR) is 161 cm³/mol. The summed E-state index contributed by atoms with van der Waals surface area (Å²) in [6.07, 6.45) is 2.56. The van der Waals surface area contributed by atoms with E-state index in [1.807, 2.05) is 71.6 Å². The third-order valence-corrected chi connectivity index (χ3v) is 8.19. The standard InChI is InChI=1S/C34H31ClFN3O/c35-31-11-5-7-13-33(31)37-18-20-38(21-19-37)34(40)22-29(26-8-2-1-3-9-26)30-24-39(32-12-6-4-10-28(30)32)23-25-14-16-27(36)17-15-25/h1-17,24,29H,18-23H2. The van der Waals surface area contributed by atoms with Gasteiger partial charge in [-0.3, -0.25) is 4.79 Å². The molecule has 1 aliphatic heterocycles. The van der Waals surface area contributed by atoms with E-state index in [4.69, 9.17) is 11.6 Å². The molecule has 6 rings (SSSR count). The minimum atomic E-state index is -0.239. The summed E-state index contributed by atoms with van der Waals surface area (Å²) < 4.78 is 15.7. The molecule has 0 bridgehead atoms. The van der Waals surface area contributed by atoms with Gasteiger partial charge in [0.05, 0.1) is 10.7 Å². The highest BCUT2D eigenvalue weighted by Gasteiger charge is 2.28. The highest BCUT2D eigenvalue weighted by Crippen LogP contribution is 2.36. The van der Waals surface area contributed by atoms with E-state index in [0.29, 0.717) is 26.1 Å². The summed E-state index contributed by atoms with van der Waals surface area (Å²) in [7, 11) is 0. The molecule has 4 aromatic carbocycles. The fourth-order valence-electron chi connectivity index (χ4n) is 5.77. The van der Waals surface area contributed by atoms with E-state index in [2.05, 4.69) is 39.9 Å².